The van der Waals surface area contributed by atoms with Gasteiger partial charge < -0.3 is 10.8 Å². The number of benzene rings is 1. The van der Waals surface area contributed by atoms with Crippen LogP contribution in [0, 0.1) is 11.3 Å². The van der Waals surface area contributed by atoms with E-state index in [4.69, 9.17) is 11.1 Å². The first-order valence-corrected chi connectivity index (χ1v) is 6.40. The van der Waals surface area contributed by atoms with E-state index in [1.807, 2.05) is 31.2 Å². The molecule has 1 aromatic carbocycles. The van der Waals surface area contributed by atoms with E-state index in [0.29, 0.717) is 5.92 Å². The molecule has 1 aromatic rings. The fourth-order valence-electron chi connectivity index (χ4n) is 2.56. The lowest BCUT2D eigenvalue weighted by Gasteiger charge is -2.19. The van der Waals surface area contributed by atoms with Gasteiger partial charge in [0.1, 0.15) is 5.84 Å². The summed E-state index contributed by atoms with van der Waals surface area (Å²) in [6, 6.07) is 7.79. The zero-order valence-electron chi connectivity index (χ0n) is 10.8. The summed E-state index contributed by atoms with van der Waals surface area (Å²) < 4.78 is 0. The lowest BCUT2D eigenvalue weighted by atomic mass is 10.0. The Morgan fingerprint density at radius 1 is 1.56 bits per heavy atom. The van der Waals surface area contributed by atoms with Gasteiger partial charge in [0.05, 0.1) is 6.10 Å². The second kappa shape index (κ2) is 5.50. The Morgan fingerprint density at radius 2 is 2.28 bits per heavy atom. The standard InChI is InChI=1S/C14H21N3O/c1-10(18)11-6-7-17(8-11)9-12-4-2-3-5-13(12)14(15)16/h2-5,10-11,18H,6-9H2,1H3,(H3,15,16). The minimum Gasteiger partial charge on any atom is -0.393 e. The number of hydrogen-bond donors (Lipinski definition) is 3. The number of aliphatic hydroxyl groups excluding tert-OH is 1. The second-order valence-corrected chi connectivity index (χ2v) is 5.10. The lowest BCUT2D eigenvalue weighted by molar-refractivity contribution is 0.127. The number of rotatable bonds is 4. The van der Waals surface area contributed by atoms with Crippen molar-refractivity contribution in [1.82, 2.24) is 4.90 Å². The summed E-state index contributed by atoms with van der Waals surface area (Å²) in [6.07, 6.45) is 0.804. The van der Waals surface area contributed by atoms with Gasteiger partial charge in [-0.25, -0.2) is 0 Å². The number of nitrogens with two attached hydrogens (primary N) is 1. The zero-order valence-corrected chi connectivity index (χ0v) is 10.8. The molecule has 4 nitrogen and oxygen atoms in total. The van der Waals surface area contributed by atoms with Crippen LogP contribution in [0.5, 0.6) is 0 Å². The molecule has 1 aliphatic rings. The van der Waals surface area contributed by atoms with Gasteiger partial charge in [-0.05, 0) is 31.4 Å². The second-order valence-electron chi connectivity index (χ2n) is 5.10. The Bertz CT molecular complexity index is 431. The van der Waals surface area contributed by atoms with Gasteiger partial charge in [-0.1, -0.05) is 24.3 Å². The molecule has 0 bridgehead atoms. The van der Waals surface area contributed by atoms with E-state index in [2.05, 4.69) is 4.90 Å². The van der Waals surface area contributed by atoms with E-state index in [9.17, 15) is 5.11 Å². The maximum Gasteiger partial charge on any atom is 0.123 e. The van der Waals surface area contributed by atoms with E-state index in [1.165, 1.54) is 0 Å². The average molecular weight is 247 g/mol. The number of likely N-dealkylation sites (tertiary alicyclic amines) is 1. The van der Waals surface area contributed by atoms with Crippen LogP contribution in [0.4, 0.5) is 0 Å². The number of nitrogen functional groups attached to an aromatic ring is 1. The molecule has 0 saturated carbocycles. The summed E-state index contributed by atoms with van der Waals surface area (Å²) in [5.41, 5.74) is 7.50. The summed E-state index contributed by atoms with van der Waals surface area (Å²) >= 11 is 0. The molecule has 2 atom stereocenters. The van der Waals surface area contributed by atoms with Gasteiger partial charge in [0.2, 0.25) is 0 Å². The molecule has 0 radical (unpaired) electrons. The van der Waals surface area contributed by atoms with Crippen molar-refractivity contribution in [2.45, 2.75) is 26.0 Å². The van der Waals surface area contributed by atoms with Crippen LogP contribution in [0.1, 0.15) is 24.5 Å². The summed E-state index contributed by atoms with van der Waals surface area (Å²) in [5.74, 6) is 0.492. The van der Waals surface area contributed by atoms with Crippen LogP contribution < -0.4 is 5.73 Å². The highest BCUT2D eigenvalue weighted by Gasteiger charge is 2.26. The van der Waals surface area contributed by atoms with Gasteiger partial charge >= 0.3 is 0 Å². The Morgan fingerprint density at radius 3 is 2.89 bits per heavy atom. The van der Waals surface area contributed by atoms with Crippen LogP contribution in [0.15, 0.2) is 24.3 Å². The van der Waals surface area contributed by atoms with Crippen LogP contribution in [-0.2, 0) is 6.54 Å². The predicted molar refractivity (Wildman–Crippen MR) is 72.5 cm³/mol. The van der Waals surface area contributed by atoms with Crippen molar-refractivity contribution in [3.05, 3.63) is 35.4 Å². The Labute approximate surface area is 108 Å². The van der Waals surface area contributed by atoms with Crippen LogP contribution in [-0.4, -0.2) is 35.0 Å². The van der Waals surface area contributed by atoms with E-state index in [1.54, 1.807) is 0 Å². The highest BCUT2D eigenvalue weighted by atomic mass is 16.3. The predicted octanol–water partition coefficient (Wildman–Crippen LogP) is 1.17. The van der Waals surface area contributed by atoms with Gasteiger partial charge in [0, 0.05) is 18.7 Å². The molecule has 4 N–H and O–H groups in total. The van der Waals surface area contributed by atoms with Crippen molar-refractivity contribution in [1.29, 1.82) is 5.41 Å². The third kappa shape index (κ3) is 2.89. The molecule has 2 rings (SSSR count). The average Bonchev–Trinajstić information content (AvgIpc) is 2.78. The van der Waals surface area contributed by atoms with E-state index in [-0.39, 0.29) is 11.9 Å². The van der Waals surface area contributed by atoms with E-state index in [0.717, 1.165) is 37.2 Å². The van der Waals surface area contributed by atoms with Gasteiger partial charge in [-0.3, -0.25) is 10.3 Å². The third-order valence-corrected chi connectivity index (χ3v) is 3.69. The van der Waals surface area contributed by atoms with Gasteiger partial charge in [0.25, 0.3) is 0 Å². The molecule has 4 heteroatoms. The molecule has 98 valence electrons. The molecular formula is C14H21N3O. The molecule has 1 saturated heterocycles. The molecule has 1 fully saturated rings. The normalized spacial score (nSPS) is 22.0. The molecule has 1 aliphatic heterocycles. The van der Waals surface area contributed by atoms with Crippen molar-refractivity contribution in [3.8, 4) is 0 Å². The monoisotopic (exact) mass is 247 g/mol. The highest BCUT2D eigenvalue weighted by molar-refractivity contribution is 5.96. The fourth-order valence-corrected chi connectivity index (χ4v) is 2.56. The van der Waals surface area contributed by atoms with Crippen LogP contribution >= 0.6 is 0 Å². The number of nitrogens with one attached hydrogen (secondary N) is 1. The first-order chi connectivity index (χ1) is 8.58. The number of nitrogens with zero attached hydrogens (tertiary/aromatic N) is 1. The number of amidine groups is 1. The third-order valence-electron chi connectivity index (χ3n) is 3.69. The summed E-state index contributed by atoms with van der Waals surface area (Å²) in [7, 11) is 0. The summed E-state index contributed by atoms with van der Waals surface area (Å²) in [5, 5.41) is 17.2. The van der Waals surface area contributed by atoms with E-state index >= 15 is 0 Å². The van der Waals surface area contributed by atoms with Gasteiger partial charge in [-0.15, -0.1) is 0 Å². The molecule has 0 amide bonds. The number of hydrogen-bond acceptors (Lipinski definition) is 3. The molecule has 0 aliphatic carbocycles. The zero-order chi connectivity index (χ0) is 13.1. The van der Waals surface area contributed by atoms with Crippen molar-refractivity contribution in [2.75, 3.05) is 13.1 Å². The van der Waals surface area contributed by atoms with Crippen molar-refractivity contribution >= 4 is 5.84 Å². The van der Waals surface area contributed by atoms with Crippen LogP contribution in [0.25, 0.3) is 0 Å². The first-order valence-electron chi connectivity index (χ1n) is 6.40. The van der Waals surface area contributed by atoms with Crippen molar-refractivity contribution in [3.63, 3.8) is 0 Å². The van der Waals surface area contributed by atoms with Crippen LogP contribution in [0.3, 0.4) is 0 Å². The Kier molecular flexibility index (Phi) is 3.99. The maximum atomic E-state index is 9.60. The number of aliphatic hydroxyl groups is 1. The highest BCUT2D eigenvalue weighted by Crippen LogP contribution is 2.22. The Balaban J connectivity index is 2.05. The van der Waals surface area contributed by atoms with E-state index < -0.39 is 0 Å². The molecular weight excluding hydrogens is 226 g/mol. The maximum absolute atomic E-state index is 9.60. The smallest absolute Gasteiger partial charge is 0.123 e. The van der Waals surface area contributed by atoms with Gasteiger partial charge in [-0.2, -0.15) is 0 Å². The minimum absolute atomic E-state index is 0.122. The quantitative estimate of drug-likeness (QED) is 0.552. The topological polar surface area (TPSA) is 73.3 Å². The molecule has 1 heterocycles. The summed E-state index contributed by atoms with van der Waals surface area (Å²) in [6.45, 7) is 4.59. The first kappa shape index (κ1) is 13.1. The fraction of sp³-hybridized carbons (Fsp3) is 0.500. The summed E-state index contributed by atoms with van der Waals surface area (Å²) in [4.78, 5) is 2.32. The minimum atomic E-state index is -0.238. The van der Waals surface area contributed by atoms with Crippen molar-refractivity contribution < 1.29 is 5.11 Å². The molecule has 0 aromatic heterocycles. The molecule has 18 heavy (non-hydrogen) atoms. The largest absolute Gasteiger partial charge is 0.393 e. The van der Waals surface area contributed by atoms with Crippen LogP contribution in [0.2, 0.25) is 0 Å². The van der Waals surface area contributed by atoms with Gasteiger partial charge in [0.15, 0.2) is 0 Å². The molecule has 0 spiro atoms. The molecule has 2 unspecified atom stereocenters. The SMILES string of the molecule is CC(O)C1CCN(Cc2ccccc2C(=N)N)C1. The van der Waals surface area contributed by atoms with Crippen molar-refractivity contribution in [2.24, 2.45) is 11.7 Å². The Hall–Kier alpha value is -1.39. The lowest BCUT2D eigenvalue weighted by Crippen LogP contribution is -2.25.